The molecule has 1 aliphatic rings. The lowest BCUT2D eigenvalue weighted by molar-refractivity contribution is -0.141. The molecule has 3 aromatic rings. The van der Waals surface area contributed by atoms with Gasteiger partial charge in [-0.15, -0.1) is 11.3 Å². The van der Waals surface area contributed by atoms with Crippen molar-refractivity contribution in [1.82, 2.24) is 9.97 Å². The van der Waals surface area contributed by atoms with Crippen LogP contribution in [0.15, 0.2) is 35.8 Å². The highest BCUT2D eigenvalue weighted by Crippen LogP contribution is 2.30. The number of halogens is 1. The molecular weight excluding hydrogens is 448 g/mol. The van der Waals surface area contributed by atoms with E-state index in [0.29, 0.717) is 41.0 Å². The van der Waals surface area contributed by atoms with Gasteiger partial charge >= 0.3 is 5.97 Å². The molecule has 1 aliphatic heterocycles. The Labute approximate surface area is 195 Å². The number of aryl methyl sites for hydroxylation is 2. The van der Waals surface area contributed by atoms with Gasteiger partial charge in [-0.25, -0.2) is 9.97 Å². The van der Waals surface area contributed by atoms with E-state index in [9.17, 15) is 14.7 Å². The number of nitrogens with zero attached hydrogens (tertiary/aromatic N) is 3. The first-order valence-corrected chi connectivity index (χ1v) is 11.6. The molecule has 0 saturated carbocycles. The van der Waals surface area contributed by atoms with Crippen molar-refractivity contribution in [2.75, 3.05) is 23.3 Å². The topological polar surface area (TPSA) is 95.4 Å². The molecule has 1 unspecified atom stereocenters. The van der Waals surface area contributed by atoms with E-state index in [0.717, 1.165) is 17.7 Å². The zero-order valence-corrected chi connectivity index (χ0v) is 19.3. The third kappa shape index (κ3) is 4.76. The lowest BCUT2D eigenvalue weighted by Gasteiger charge is -2.32. The van der Waals surface area contributed by atoms with Crippen LogP contribution in [-0.4, -0.2) is 40.0 Å². The molecule has 32 heavy (non-hydrogen) atoms. The average Bonchev–Trinajstić information content (AvgIpc) is 3.24. The van der Waals surface area contributed by atoms with Gasteiger partial charge in [-0.2, -0.15) is 0 Å². The van der Waals surface area contributed by atoms with Crippen LogP contribution in [0.5, 0.6) is 0 Å². The summed E-state index contributed by atoms with van der Waals surface area (Å²) >= 11 is 7.75. The highest BCUT2D eigenvalue weighted by molar-refractivity contribution is 7.14. The Morgan fingerprint density at radius 1 is 1.25 bits per heavy atom. The zero-order valence-electron chi connectivity index (χ0n) is 17.8. The van der Waals surface area contributed by atoms with E-state index in [-0.39, 0.29) is 5.91 Å². The van der Waals surface area contributed by atoms with Crippen molar-refractivity contribution < 1.29 is 14.7 Å². The quantitative estimate of drug-likeness (QED) is 0.543. The number of piperidine rings is 1. The highest BCUT2D eigenvalue weighted by atomic mass is 35.5. The molecule has 1 aromatic carbocycles. The molecule has 1 atom stereocenters. The second-order valence-corrected chi connectivity index (χ2v) is 9.21. The summed E-state index contributed by atoms with van der Waals surface area (Å²) in [6.07, 6.45) is 2.85. The van der Waals surface area contributed by atoms with Crippen molar-refractivity contribution in [2.24, 2.45) is 5.92 Å². The second-order valence-electron chi connectivity index (χ2n) is 7.94. The van der Waals surface area contributed by atoms with Crippen LogP contribution in [0.25, 0.3) is 11.3 Å². The first-order chi connectivity index (χ1) is 15.3. The SMILES string of the molecule is Cc1ccc(-c2csc(NC(=O)c3cnc(N4CCCC(C(=O)O)C4)c(Cl)c3)n2)cc1C. The zero-order chi connectivity index (χ0) is 22.8. The maximum Gasteiger partial charge on any atom is 0.308 e. The molecule has 2 N–H and O–H groups in total. The number of thiazole rings is 1. The number of rotatable bonds is 5. The van der Waals surface area contributed by atoms with Crippen molar-refractivity contribution >= 4 is 45.8 Å². The summed E-state index contributed by atoms with van der Waals surface area (Å²) in [6.45, 7) is 5.16. The molecule has 4 rings (SSSR count). The minimum absolute atomic E-state index is 0.313. The molecule has 0 radical (unpaired) electrons. The van der Waals surface area contributed by atoms with Crippen LogP contribution in [0.3, 0.4) is 0 Å². The molecular formula is C23H23ClN4O3S. The fourth-order valence-electron chi connectivity index (χ4n) is 3.69. The Morgan fingerprint density at radius 2 is 2.06 bits per heavy atom. The van der Waals surface area contributed by atoms with Gasteiger partial charge in [0.15, 0.2) is 5.13 Å². The molecule has 1 saturated heterocycles. The number of pyridine rings is 1. The third-order valence-electron chi connectivity index (χ3n) is 5.68. The monoisotopic (exact) mass is 470 g/mol. The number of aromatic nitrogens is 2. The molecule has 166 valence electrons. The van der Waals surface area contributed by atoms with E-state index < -0.39 is 11.9 Å². The summed E-state index contributed by atoms with van der Waals surface area (Å²) in [7, 11) is 0. The van der Waals surface area contributed by atoms with Gasteiger partial charge in [-0.05, 0) is 49.9 Å². The number of hydrogen-bond acceptors (Lipinski definition) is 6. The number of aliphatic carboxylic acids is 1. The summed E-state index contributed by atoms with van der Waals surface area (Å²) < 4.78 is 0. The van der Waals surface area contributed by atoms with Gasteiger partial charge in [-0.3, -0.25) is 14.9 Å². The van der Waals surface area contributed by atoms with Gasteiger partial charge in [0, 0.05) is 30.2 Å². The number of carboxylic acid groups (broad SMARTS) is 1. The lowest BCUT2D eigenvalue weighted by Crippen LogP contribution is -2.39. The minimum Gasteiger partial charge on any atom is -0.481 e. The van der Waals surface area contributed by atoms with Crippen LogP contribution in [0, 0.1) is 19.8 Å². The lowest BCUT2D eigenvalue weighted by atomic mass is 9.98. The molecule has 1 amide bonds. The standard InChI is InChI=1S/C23H23ClN4O3S/c1-13-5-6-15(8-14(13)2)19-12-32-23(26-19)27-21(29)17-9-18(24)20(25-10-17)28-7-3-4-16(11-28)22(30)31/h5-6,8-10,12,16H,3-4,7,11H2,1-2H3,(H,30,31)(H,26,27,29). The van der Waals surface area contributed by atoms with Gasteiger partial charge in [0.2, 0.25) is 0 Å². The number of amides is 1. The van der Waals surface area contributed by atoms with Gasteiger partial charge in [-0.1, -0.05) is 23.7 Å². The Hall–Kier alpha value is -2.97. The van der Waals surface area contributed by atoms with Crippen LogP contribution in [0.1, 0.15) is 34.3 Å². The van der Waals surface area contributed by atoms with Crippen molar-refractivity contribution in [3.63, 3.8) is 0 Å². The minimum atomic E-state index is -0.814. The van der Waals surface area contributed by atoms with Crippen LogP contribution in [0.4, 0.5) is 10.9 Å². The molecule has 3 heterocycles. The first-order valence-electron chi connectivity index (χ1n) is 10.3. The molecule has 9 heteroatoms. The summed E-state index contributed by atoms with van der Waals surface area (Å²) in [5.41, 5.74) is 4.52. The molecule has 2 aromatic heterocycles. The number of nitrogens with one attached hydrogen (secondary N) is 1. The van der Waals surface area contributed by atoms with Gasteiger partial charge in [0.1, 0.15) is 5.82 Å². The van der Waals surface area contributed by atoms with E-state index in [1.165, 1.54) is 28.7 Å². The smallest absolute Gasteiger partial charge is 0.308 e. The van der Waals surface area contributed by atoms with E-state index in [1.807, 2.05) is 16.3 Å². The van der Waals surface area contributed by atoms with Crippen LogP contribution < -0.4 is 10.2 Å². The Bertz CT molecular complexity index is 1180. The maximum atomic E-state index is 12.7. The number of benzene rings is 1. The van der Waals surface area contributed by atoms with Gasteiger partial charge < -0.3 is 10.0 Å². The Kier molecular flexibility index (Phi) is 6.43. The number of carbonyl (C=O) groups is 2. The van der Waals surface area contributed by atoms with Crippen LogP contribution in [0.2, 0.25) is 5.02 Å². The summed E-state index contributed by atoms with van der Waals surface area (Å²) in [4.78, 5) is 34.8. The highest BCUT2D eigenvalue weighted by Gasteiger charge is 2.27. The summed E-state index contributed by atoms with van der Waals surface area (Å²) in [5, 5.41) is 14.8. The van der Waals surface area contributed by atoms with Crippen molar-refractivity contribution in [3.05, 3.63) is 57.6 Å². The van der Waals surface area contributed by atoms with Crippen LogP contribution >= 0.6 is 22.9 Å². The molecule has 0 bridgehead atoms. The molecule has 0 spiro atoms. The third-order valence-corrected chi connectivity index (χ3v) is 6.72. The fraction of sp³-hybridized carbons (Fsp3) is 0.304. The average molecular weight is 471 g/mol. The maximum absolute atomic E-state index is 12.7. The molecule has 0 aliphatic carbocycles. The number of anilines is 2. The number of carbonyl (C=O) groups excluding carboxylic acids is 1. The first kappa shape index (κ1) is 22.2. The van der Waals surface area contributed by atoms with E-state index in [4.69, 9.17) is 11.6 Å². The second kappa shape index (κ2) is 9.26. The predicted octanol–water partition coefficient (Wildman–Crippen LogP) is 5.03. The van der Waals surface area contributed by atoms with Gasteiger partial charge in [0.25, 0.3) is 5.91 Å². The van der Waals surface area contributed by atoms with Crippen molar-refractivity contribution in [3.8, 4) is 11.3 Å². The van der Waals surface area contributed by atoms with Crippen LogP contribution in [-0.2, 0) is 4.79 Å². The molecule has 7 nitrogen and oxygen atoms in total. The Balaban J connectivity index is 1.46. The van der Waals surface area contributed by atoms with E-state index >= 15 is 0 Å². The number of hydrogen-bond donors (Lipinski definition) is 2. The van der Waals surface area contributed by atoms with E-state index in [2.05, 4.69) is 41.3 Å². The van der Waals surface area contributed by atoms with Gasteiger partial charge in [0.05, 0.1) is 22.2 Å². The summed E-state index contributed by atoms with van der Waals surface area (Å²) in [6, 6.07) is 7.70. The van der Waals surface area contributed by atoms with Crippen molar-refractivity contribution in [2.45, 2.75) is 26.7 Å². The largest absolute Gasteiger partial charge is 0.481 e. The summed E-state index contributed by atoms with van der Waals surface area (Å²) in [5.74, 6) is -1.11. The normalized spacial score (nSPS) is 16.1. The van der Waals surface area contributed by atoms with E-state index in [1.54, 1.807) is 6.07 Å². The Morgan fingerprint density at radius 3 is 2.78 bits per heavy atom. The number of carboxylic acids is 1. The predicted molar refractivity (Wildman–Crippen MR) is 127 cm³/mol. The molecule has 1 fully saturated rings. The fourth-order valence-corrected chi connectivity index (χ4v) is 4.69. The van der Waals surface area contributed by atoms with Crippen molar-refractivity contribution in [1.29, 1.82) is 0 Å².